The van der Waals surface area contributed by atoms with Crippen LogP contribution in [-0.4, -0.2) is 31.9 Å². The van der Waals surface area contributed by atoms with Gasteiger partial charge in [0.1, 0.15) is 6.17 Å². The number of aromatic amines is 1. The molecule has 3 heterocycles. The van der Waals surface area contributed by atoms with E-state index >= 15 is 0 Å². The van der Waals surface area contributed by atoms with Gasteiger partial charge in [-0.2, -0.15) is 0 Å². The predicted octanol–water partition coefficient (Wildman–Crippen LogP) is 6.01. The number of rotatable bonds is 9. The molecule has 2 aromatic carbocycles. The lowest BCUT2D eigenvalue weighted by Gasteiger charge is -2.31. The molecular formula is C30H31N5O2. The third-order valence-electron chi connectivity index (χ3n) is 6.63. The third-order valence-corrected chi connectivity index (χ3v) is 6.63. The fourth-order valence-corrected chi connectivity index (χ4v) is 4.65. The zero-order valence-corrected chi connectivity index (χ0v) is 21.2. The van der Waals surface area contributed by atoms with Crippen molar-refractivity contribution >= 4 is 5.71 Å². The first-order valence-corrected chi connectivity index (χ1v) is 12.8. The Morgan fingerprint density at radius 2 is 1.78 bits per heavy atom. The fraction of sp³-hybridized carbons (Fsp3) is 0.267. The van der Waals surface area contributed by atoms with Crippen LogP contribution in [0.1, 0.15) is 44.4 Å². The Morgan fingerprint density at radius 3 is 2.49 bits per heavy atom. The first-order chi connectivity index (χ1) is 18.1. The number of nitrogens with zero attached hydrogens (tertiary/aromatic N) is 4. The highest BCUT2D eigenvalue weighted by molar-refractivity contribution is 6.01. The largest absolute Gasteiger partial charge is 0.439 e. The number of unbranched alkanes of at least 4 members (excludes halogenated alkanes) is 1. The summed E-state index contributed by atoms with van der Waals surface area (Å²) in [5.41, 5.74) is 7.57. The predicted molar refractivity (Wildman–Crippen MR) is 146 cm³/mol. The van der Waals surface area contributed by atoms with Crippen molar-refractivity contribution in [1.82, 2.24) is 20.0 Å². The van der Waals surface area contributed by atoms with Crippen LogP contribution in [0.5, 0.6) is 0 Å². The molecule has 2 aromatic heterocycles. The van der Waals surface area contributed by atoms with Gasteiger partial charge in [0.25, 0.3) is 0 Å². The molecule has 0 saturated carbocycles. The number of aromatic nitrogens is 3. The number of hydrogen-bond acceptors (Lipinski definition) is 6. The molecule has 7 nitrogen and oxygen atoms in total. The third kappa shape index (κ3) is 5.77. The summed E-state index contributed by atoms with van der Waals surface area (Å²) in [7, 11) is 0. The maximum Gasteiger partial charge on any atom is 0.439 e. The van der Waals surface area contributed by atoms with Gasteiger partial charge in [-0.3, -0.25) is 19.5 Å². The van der Waals surface area contributed by atoms with Crippen LogP contribution in [-0.2, 0) is 13.0 Å². The molecule has 5 rings (SSSR count). The van der Waals surface area contributed by atoms with E-state index in [4.69, 9.17) is 9.52 Å². The van der Waals surface area contributed by atoms with Gasteiger partial charge in [0.2, 0.25) is 0 Å². The highest BCUT2D eigenvalue weighted by atomic mass is 16.5. The molecule has 1 N–H and O–H groups in total. The van der Waals surface area contributed by atoms with Crippen molar-refractivity contribution in [2.24, 2.45) is 4.99 Å². The topological polar surface area (TPSA) is 87.4 Å². The zero-order valence-electron chi connectivity index (χ0n) is 21.2. The first-order valence-electron chi connectivity index (χ1n) is 12.8. The fourth-order valence-electron chi connectivity index (χ4n) is 4.65. The van der Waals surface area contributed by atoms with Gasteiger partial charge in [-0.1, -0.05) is 73.1 Å². The molecule has 0 bridgehead atoms. The lowest BCUT2D eigenvalue weighted by molar-refractivity contribution is 0.283. The quantitative estimate of drug-likeness (QED) is 0.308. The Labute approximate surface area is 216 Å². The molecule has 37 heavy (non-hydrogen) atoms. The number of nitrogens with one attached hydrogen (secondary N) is 1. The molecular weight excluding hydrogens is 462 g/mol. The van der Waals surface area contributed by atoms with E-state index in [1.165, 1.54) is 16.8 Å². The van der Waals surface area contributed by atoms with Gasteiger partial charge in [0.05, 0.1) is 12.2 Å². The smallest absolute Gasteiger partial charge is 0.350 e. The van der Waals surface area contributed by atoms with Crippen LogP contribution in [0.3, 0.4) is 0 Å². The van der Waals surface area contributed by atoms with E-state index in [0.29, 0.717) is 5.82 Å². The molecule has 0 saturated heterocycles. The molecule has 0 amide bonds. The summed E-state index contributed by atoms with van der Waals surface area (Å²) in [5.74, 6) is -0.135. The number of H-pyrrole nitrogens is 1. The van der Waals surface area contributed by atoms with Crippen molar-refractivity contribution in [3.63, 3.8) is 0 Å². The van der Waals surface area contributed by atoms with Crippen LogP contribution in [0.25, 0.3) is 22.5 Å². The van der Waals surface area contributed by atoms with E-state index in [0.717, 1.165) is 54.6 Å². The lowest BCUT2D eigenvalue weighted by atomic mass is 9.94. The van der Waals surface area contributed by atoms with Gasteiger partial charge >= 0.3 is 5.76 Å². The number of aliphatic imine (C=N–C) groups is 1. The SMILES string of the molecule is CCCCC1=NC(C)N(Cc2ccccn2)C=C1Cc1ccc(-c2ccccc2-c2noc(=O)[nH]2)cc1. The Bertz CT molecular complexity index is 1450. The molecule has 0 spiro atoms. The van der Waals surface area contributed by atoms with Crippen molar-refractivity contribution in [2.75, 3.05) is 0 Å². The standard InChI is InChI=1S/C30H31N5O2/c1-3-4-12-28-24(19-35(21(2)32-28)20-25-9-7-8-17-31-25)18-22-13-15-23(16-14-22)26-10-5-6-11-27(26)29-33-30(36)37-34-29/h5-11,13-17,19,21H,3-4,12,18,20H2,1-2H3,(H,33,34,36). The van der Waals surface area contributed by atoms with Crippen LogP contribution in [0.15, 0.2) is 99.0 Å². The highest BCUT2D eigenvalue weighted by Gasteiger charge is 2.21. The van der Waals surface area contributed by atoms with E-state index < -0.39 is 5.76 Å². The maximum absolute atomic E-state index is 11.5. The summed E-state index contributed by atoms with van der Waals surface area (Å²) in [6.07, 6.45) is 8.27. The average Bonchev–Trinajstić information content (AvgIpc) is 3.36. The molecule has 1 aliphatic rings. The molecule has 1 atom stereocenters. The van der Waals surface area contributed by atoms with E-state index in [-0.39, 0.29) is 6.17 Å². The van der Waals surface area contributed by atoms with E-state index in [1.807, 2.05) is 42.6 Å². The lowest BCUT2D eigenvalue weighted by Crippen LogP contribution is -2.32. The van der Waals surface area contributed by atoms with E-state index in [9.17, 15) is 4.79 Å². The van der Waals surface area contributed by atoms with Crippen LogP contribution in [0.4, 0.5) is 0 Å². The zero-order chi connectivity index (χ0) is 25.6. The second-order valence-electron chi connectivity index (χ2n) is 9.32. The number of benzene rings is 2. The normalized spacial score (nSPS) is 15.4. The van der Waals surface area contributed by atoms with Crippen LogP contribution in [0, 0.1) is 0 Å². The van der Waals surface area contributed by atoms with Gasteiger partial charge in [-0.25, -0.2) is 4.79 Å². The summed E-state index contributed by atoms with van der Waals surface area (Å²) in [5, 5.41) is 3.87. The van der Waals surface area contributed by atoms with Gasteiger partial charge in [-0.15, -0.1) is 0 Å². The highest BCUT2D eigenvalue weighted by Crippen LogP contribution is 2.30. The van der Waals surface area contributed by atoms with Gasteiger partial charge < -0.3 is 4.90 Å². The summed E-state index contributed by atoms with van der Waals surface area (Å²) < 4.78 is 4.72. The molecule has 0 aliphatic carbocycles. The van der Waals surface area contributed by atoms with Crippen molar-refractivity contribution in [1.29, 1.82) is 0 Å². The summed E-state index contributed by atoms with van der Waals surface area (Å²) >= 11 is 0. The Hall–Kier alpha value is -4.26. The second-order valence-corrected chi connectivity index (χ2v) is 9.32. The minimum absolute atomic E-state index is 0.0828. The summed E-state index contributed by atoms with van der Waals surface area (Å²) in [6, 6.07) is 22.4. The van der Waals surface area contributed by atoms with Gasteiger partial charge in [0, 0.05) is 30.1 Å². The molecule has 4 aromatic rings. The molecule has 1 aliphatic heterocycles. The molecule has 0 fully saturated rings. The minimum Gasteiger partial charge on any atom is -0.350 e. The van der Waals surface area contributed by atoms with Crippen LogP contribution >= 0.6 is 0 Å². The summed E-state index contributed by atoms with van der Waals surface area (Å²) in [6.45, 7) is 5.10. The molecule has 7 heteroatoms. The Balaban J connectivity index is 1.39. The van der Waals surface area contributed by atoms with Gasteiger partial charge in [0.15, 0.2) is 5.82 Å². The molecule has 188 valence electrons. The van der Waals surface area contributed by atoms with E-state index in [2.05, 4.69) is 70.4 Å². The van der Waals surface area contributed by atoms with Crippen molar-refractivity contribution in [3.8, 4) is 22.5 Å². The van der Waals surface area contributed by atoms with Crippen LogP contribution < -0.4 is 5.76 Å². The Morgan fingerprint density at radius 1 is 1.00 bits per heavy atom. The summed E-state index contributed by atoms with van der Waals surface area (Å²) in [4.78, 5) is 26.0. The first kappa shape index (κ1) is 24.4. The maximum atomic E-state index is 11.5. The minimum atomic E-state index is -0.562. The van der Waals surface area contributed by atoms with Crippen molar-refractivity contribution in [3.05, 3.63) is 107 Å². The number of allylic oxidation sites excluding steroid dienone is 1. The van der Waals surface area contributed by atoms with Gasteiger partial charge in [-0.05, 0) is 54.2 Å². The number of hydrogen-bond donors (Lipinski definition) is 1. The second kappa shape index (κ2) is 11.2. The van der Waals surface area contributed by atoms with Crippen LogP contribution in [0.2, 0.25) is 0 Å². The van der Waals surface area contributed by atoms with E-state index in [1.54, 1.807) is 0 Å². The molecule has 0 radical (unpaired) electrons. The van der Waals surface area contributed by atoms with Crippen molar-refractivity contribution < 1.29 is 4.52 Å². The monoisotopic (exact) mass is 493 g/mol. The van der Waals surface area contributed by atoms with Crippen molar-refractivity contribution in [2.45, 2.75) is 52.2 Å². The molecule has 1 unspecified atom stereocenters. The average molecular weight is 494 g/mol. The number of pyridine rings is 1. The Kier molecular flexibility index (Phi) is 7.40.